The Morgan fingerprint density at radius 2 is 1.18 bits per heavy atom. The van der Waals surface area contributed by atoms with Gasteiger partial charge in [-0.15, -0.1) is 22.7 Å². The third kappa shape index (κ3) is 6.32. The first-order chi connectivity index (χ1) is 21.3. The first kappa shape index (κ1) is 30.5. The van der Waals surface area contributed by atoms with Crippen LogP contribution in [0.2, 0.25) is 0 Å². The number of fused-ring (bicyclic) bond motifs is 2. The van der Waals surface area contributed by atoms with E-state index in [1.54, 1.807) is 0 Å². The van der Waals surface area contributed by atoms with Gasteiger partial charge in [0.15, 0.2) is 10.0 Å². The van der Waals surface area contributed by atoms with E-state index in [0.29, 0.717) is 47.6 Å². The summed E-state index contributed by atoms with van der Waals surface area (Å²) in [5, 5.41) is 25.6. The first-order valence-electron chi connectivity index (χ1n) is 14.8. The van der Waals surface area contributed by atoms with E-state index in [9.17, 15) is 19.8 Å². The van der Waals surface area contributed by atoms with Crippen LogP contribution in [0.5, 0.6) is 0 Å². The molecule has 2 aliphatic heterocycles. The highest BCUT2D eigenvalue weighted by Crippen LogP contribution is 2.35. The minimum absolute atomic E-state index is 0.116. The molecule has 4 aromatic rings. The number of hydrogen-bond donors (Lipinski definition) is 4. The minimum Gasteiger partial charge on any atom is -0.395 e. The standard InChI is InChI=1S/C32H36N6O4S2/c1-19-21(5-3-7-23(19)33-29(41)31-35-25-9-11-37(13-15-39)17-27(25)43-31)22-6-4-8-24(20(22)2)34-30(42)32-36-26-10-12-38(14-16-40)18-28(26)44-32/h3-8,39-40H,9-18H2,1-2H3,(H,33,41)(H,34,42). The molecule has 0 atom stereocenters. The predicted molar refractivity (Wildman–Crippen MR) is 174 cm³/mol. The Morgan fingerprint density at radius 3 is 1.59 bits per heavy atom. The average Bonchev–Trinajstić information content (AvgIpc) is 3.64. The molecule has 12 heteroatoms. The zero-order chi connectivity index (χ0) is 30.8. The van der Waals surface area contributed by atoms with Crippen molar-refractivity contribution in [1.29, 1.82) is 0 Å². The molecule has 0 saturated carbocycles. The van der Waals surface area contributed by atoms with Gasteiger partial charge >= 0.3 is 0 Å². The Labute approximate surface area is 264 Å². The van der Waals surface area contributed by atoms with Gasteiger partial charge in [-0.2, -0.15) is 0 Å². The molecule has 0 bridgehead atoms. The molecule has 2 aromatic heterocycles. The van der Waals surface area contributed by atoms with Crippen molar-refractivity contribution in [3.63, 3.8) is 0 Å². The van der Waals surface area contributed by atoms with E-state index in [1.165, 1.54) is 22.7 Å². The molecule has 2 aromatic carbocycles. The molecule has 0 aliphatic carbocycles. The number of hydrogen-bond acceptors (Lipinski definition) is 10. The number of rotatable bonds is 9. The molecule has 230 valence electrons. The van der Waals surface area contributed by atoms with Gasteiger partial charge in [0.25, 0.3) is 11.8 Å². The number of aliphatic hydroxyl groups is 2. The molecule has 0 spiro atoms. The van der Waals surface area contributed by atoms with Crippen molar-refractivity contribution in [2.75, 3.05) is 50.0 Å². The Morgan fingerprint density at radius 1 is 0.750 bits per heavy atom. The van der Waals surface area contributed by atoms with Crippen LogP contribution in [0.1, 0.15) is 51.9 Å². The van der Waals surface area contributed by atoms with Crippen LogP contribution in [-0.2, 0) is 25.9 Å². The van der Waals surface area contributed by atoms with Crippen molar-refractivity contribution >= 4 is 45.9 Å². The summed E-state index contributed by atoms with van der Waals surface area (Å²) in [6.07, 6.45) is 1.54. The van der Waals surface area contributed by atoms with Gasteiger partial charge in [0, 0.05) is 73.2 Å². The van der Waals surface area contributed by atoms with Crippen LogP contribution in [0.25, 0.3) is 11.1 Å². The minimum atomic E-state index is -0.235. The van der Waals surface area contributed by atoms with Gasteiger partial charge in [-0.05, 0) is 48.2 Å². The smallest absolute Gasteiger partial charge is 0.284 e. The van der Waals surface area contributed by atoms with Crippen LogP contribution in [0, 0.1) is 13.8 Å². The number of aliphatic hydroxyl groups excluding tert-OH is 2. The number of thiazole rings is 2. The number of benzene rings is 2. The largest absolute Gasteiger partial charge is 0.395 e. The summed E-state index contributed by atoms with van der Waals surface area (Å²) in [7, 11) is 0. The highest BCUT2D eigenvalue weighted by Gasteiger charge is 2.25. The van der Waals surface area contributed by atoms with E-state index < -0.39 is 0 Å². The summed E-state index contributed by atoms with van der Waals surface area (Å²) in [5.74, 6) is -0.469. The fourth-order valence-corrected chi connectivity index (χ4v) is 7.92. The molecule has 2 aliphatic rings. The number of carbonyl (C=O) groups excluding carboxylic acids is 2. The number of anilines is 2. The number of β-amino-alcohol motifs (C(OH)–C–C–N with tert-alkyl or cyclic N) is 2. The van der Waals surface area contributed by atoms with Gasteiger partial charge in [-0.3, -0.25) is 19.4 Å². The third-order valence-electron chi connectivity index (χ3n) is 8.30. The molecule has 0 fully saturated rings. The highest BCUT2D eigenvalue weighted by atomic mass is 32.1. The molecule has 0 radical (unpaired) electrons. The maximum Gasteiger partial charge on any atom is 0.284 e. The van der Waals surface area contributed by atoms with E-state index in [4.69, 9.17) is 0 Å². The summed E-state index contributed by atoms with van der Waals surface area (Å²) in [5.41, 5.74) is 7.11. The van der Waals surface area contributed by atoms with Gasteiger partial charge in [0.2, 0.25) is 0 Å². The van der Waals surface area contributed by atoms with Crippen LogP contribution in [-0.4, -0.2) is 81.2 Å². The Bertz CT molecular complexity index is 1580. The van der Waals surface area contributed by atoms with Crippen molar-refractivity contribution in [1.82, 2.24) is 19.8 Å². The number of nitrogens with one attached hydrogen (secondary N) is 2. The van der Waals surface area contributed by atoms with Crippen molar-refractivity contribution in [3.05, 3.63) is 78.7 Å². The lowest BCUT2D eigenvalue weighted by atomic mass is 9.94. The van der Waals surface area contributed by atoms with Crippen LogP contribution in [0.4, 0.5) is 11.4 Å². The number of carbonyl (C=O) groups is 2. The molecular weight excluding hydrogens is 597 g/mol. The quantitative estimate of drug-likeness (QED) is 0.217. The van der Waals surface area contributed by atoms with Crippen molar-refractivity contribution in [2.24, 2.45) is 0 Å². The molecule has 0 unspecified atom stereocenters. The van der Waals surface area contributed by atoms with Gasteiger partial charge in [0.05, 0.1) is 24.6 Å². The van der Waals surface area contributed by atoms with E-state index >= 15 is 0 Å². The normalized spacial score (nSPS) is 15.1. The lowest BCUT2D eigenvalue weighted by Gasteiger charge is -2.24. The van der Waals surface area contributed by atoms with Crippen molar-refractivity contribution in [3.8, 4) is 11.1 Å². The maximum absolute atomic E-state index is 13.3. The summed E-state index contributed by atoms with van der Waals surface area (Å²) in [4.78, 5) is 42.3. The predicted octanol–water partition coefficient (Wildman–Crippen LogP) is 4.09. The maximum atomic E-state index is 13.3. The van der Waals surface area contributed by atoms with Crippen LogP contribution < -0.4 is 10.6 Å². The SMILES string of the molecule is Cc1c(NC(=O)c2nc3c(s2)CN(CCO)CC3)cccc1-c1cccc(NC(=O)c2nc3c(s2)CN(CCO)CC3)c1C. The van der Waals surface area contributed by atoms with Gasteiger partial charge in [-0.1, -0.05) is 24.3 Å². The summed E-state index contributed by atoms with van der Waals surface area (Å²) in [6, 6.07) is 11.7. The first-order valence-corrected chi connectivity index (χ1v) is 16.4. The molecule has 0 saturated heterocycles. The number of amides is 2. The van der Waals surface area contributed by atoms with Crippen molar-refractivity contribution < 1.29 is 19.8 Å². The molecule has 6 rings (SSSR count). The highest BCUT2D eigenvalue weighted by molar-refractivity contribution is 7.14. The topological polar surface area (TPSA) is 131 Å². The molecule has 4 N–H and O–H groups in total. The number of aromatic nitrogens is 2. The molecule has 10 nitrogen and oxygen atoms in total. The zero-order valence-corrected chi connectivity index (χ0v) is 26.5. The molecular formula is C32H36N6O4S2. The molecule has 44 heavy (non-hydrogen) atoms. The third-order valence-corrected chi connectivity index (χ3v) is 10.5. The summed E-state index contributed by atoms with van der Waals surface area (Å²) in [6.45, 7) is 8.50. The Balaban J connectivity index is 1.18. The van der Waals surface area contributed by atoms with Crippen LogP contribution >= 0.6 is 22.7 Å². The zero-order valence-electron chi connectivity index (χ0n) is 24.9. The van der Waals surface area contributed by atoms with Gasteiger partial charge in [0.1, 0.15) is 0 Å². The van der Waals surface area contributed by atoms with Gasteiger partial charge < -0.3 is 20.8 Å². The van der Waals surface area contributed by atoms with E-state index in [1.807, 2.05) is 50.2 Å². The molecule has 2 amide bonds. The number of nitrogens with zero attached hydrogens (tertiary/aromatic N) is 4. The average molecular weight is 633 g/mol. The lowest BCUT2D eigenvalue weighted by Crippen LogP contribution is -2.32. The van der Waals surface area contributed by atoms with Crippen molar-refractivity contribution in [2.45, 2.75) is 39.8 Å². The van der Waals surface area contributed by atoms with E-state index in [2.05, 4.69) is 30.4 Å². The Kier molecular flexibility index (Phi) is 9.17. The fraction of sp³-hybridized carbons (Fsp3) is 0.375. The second kappa shape index (κ2) is 13.2. The lowest BCUT2D eigenvalue weighted by molar-refractivity contribution is 0.101. The fourth-order valence-electron chi connectivity index (χ4n) is 5.83. The van der Waals surface area contributed by atoms with E-state index in [-0.39, 0.29) is 25.0 Å². The van der Waals surface area contributed by atoms with Gasteiger partial charge in [-0.25, -0.2) is 9.97 Å². The summed E-state index contributed by atoms with van der Waals surface area (Å²) >= 11 is 2.83. The van der Waals surface area contributed by atoms with E-state index in [0.717, 1.165) is 69.3 Å². The monoisotopic (exact) mass is 632 g/mol. The summed E-state index contributed by atoms with van der Waals surface area (Å²) < 4.78 is 0. The Hall–Kier alpha value is -3.52. The molecule has 4 heterocycles. The second-order valence-electron chi connectivity index (χ2n) is 11.1. The second-order valence-corrected chi connectivity index (χ2v) is 13.3. The van der Waals surface area contributed by atoms with Crippen LogP contribution in [0.15, 0.2) is 36.4 Å². The van der Waals surface area contributed by atoms with Crippen LogP contribution in [0.3, 0.4) is 0 Å².